The summed E-state index contributed by atoms with van der Waals surface area (Å²) in [6, 6.07) is 14.1. The second-order valence-corrected chi connectivity index (χ2v) is 9.33. The molecule has 0 aliphatic heterocycles. The Morgan fingerprint density at radius 1 is 1.19 bits per heavy atom. The Bertz CT molecular complexity index is 1140. The van der Waals surface area contributed by atoms with E-state index in [4.69, 9.17) is 21.4 Å². The summed E-state index contributed by atoms with van der Waals surface area (Å²) in [5.74, 6) is -0.117. The molecule has 4 nitrogen and oxygen atoms in total. The van der Waals surface area contributed by atoms with Crippen LogP contribution in [0.1, 0.15) is 48.8 Å². The lowest BCUT2D eigenvalue weighted by molar-refractivity contribution is -0.137. The van der Waals surface area contributed by atoms with E-state index >= 15 is 0 Å². The number of carboxylic acids is 1. The predicted octanol–water partition coefficient (Wildman–Crippen LogP) is 7.62. The van der Waals surface area contributed by atoms with Gasteiger partial charge in [0.05, 0.1) is 17.2 Å². The molecule has 2 aromatic rings. The van der Waals surface area contributed by atoms with Gasteiger partial charge in [-0.2, -0.15) is 13.2 Å². The molecule has 1 aliphatic carbocycles. The molecule has 1 aliphatic rings. The molecule has 0 saturated carbocycles. The molecule has 0 unspecified atom stereocenters. The number of ether oxygens (including phenoxy) is 1. The first-order chi connectivity index (χ1) is 17.7. The normalized spacial score (nSPS) is 15.6. The van der Waals surface area contributed by atoms with Crippen LogP contribution in [0.4, 0.5) is 13.2 Å². The van der Waals surface area contributed by atoms with Crippen LogP contribution in [0.15, 0.2) is 84.2 Å². The number of allylic oxidation sites excluding steroid dienone is 4. The Labute approximate surface area is 220 Å². The van der Waals surface area contributed by atoms with Crippen LogP contribution in [0.3, 0.4) is 0 Å². The van der Waals surface area contributed by atoms with Gasteiger partial charge in [-0.25, -0.2) is 4.79 Å². The summed E-state index contributed by atoms with van der Waals surface area (Å²) in [5.41, 5.74) is 1.44. The summed E-state index contributed by atoms with van der Waals surface area (Å²) in [6.45, 7) is 4.03. The van der Waals surface area contributed by atoms with Crippen LogP contribution in [-0.2, 0) is 22.3 Å². The molecule has 0 bridgehead atoms. The van der Waals surface area contributed by atoms with Gasteiger partial charge in [-0.05, 0) is 47.6 Å². The van der Waals surface area contributed by atoms with Crippen molar-refractivity contribution >= 4 is 17.6 Å². The van der Waals surface area contributed by atoms with Crippen molar-refractivity contribution in [2.24, 2.45) is 0 Å². The van der Waals surface area contributed by atoms with Crippen LogP contribution in [-0.4, -0.2) is 35.7 Å². The standard InChI is InChI=1S/C29H31ClF3NO3/c1-2-22(23-10-4-3-5-11-23)19-34(20-24-12-7-14-26(28(24)30)29(31,32)33)15-8-16-37-25-13-6-9-21(17-25)18-27(35)36/h3-7,9-14,18,22H,2,8,15-17,19-20H2,1H3,(H,35,36)/t22-/m0/s1. The third-order valence-corrected chi connectivity index (χ3v) is 6.65. The van der Waals surface area contributed by atoms with Crippen LogP contribution in [0, 0.1) is 0 Å². The quantitative estimate of drug-likeness (QED) is 0.225. The molecule has 0 amide bonds. The lowest BCUT2D eigenvalue weighted by Gasteiger charge is -2.28. The Morgan fingerprint density at radius 3 is 2.62 bits per heavy atom. The molecule has 37 heavy (non-hydrogen) atoms. The average Bonchev–Trinajstić information content (AvgIpc) is 2.85. The van der Waals surface area contributed by atoms with Gasteiger partial charge in [-0.15, -0.1) is 0 Å². The number of carboxylic acid groups (broad SMARTS) is 1. The fourth-order valence-electron chi connectivity index (χ4n) is 4.35. The summed E-state index contributed by atoms with van der Waals surface area (Å²) in [6.07, 6.45) is 3.85. The van der Waals surface area contributed by atoms with Crippen LogP contribution >= 0.6 is 11.6 Å². The highest BCUT2D eigenvalue weighted by Gasteiger charge is 2.34. The van der Waals surface area contributed by atoms with E-state index in [1.54, 1.807) is 18.2 Å². The Kier molecular flexibility index (Phi) is 10.4. The van der Waals surface area contributed by atoms with Gasteiger partial charge < -0.3 is 9.84 Å². The molecule has 1 atom stereocenters. The number of alkyl halides is 3. The molecule has 0 radical (unpaired) electrons. The van der Waals surface area contributed by atoms with Crippen LogP contribution in [0.5, 0.6) is 0 Å². The maximum absolute atomic E-state index is 13.4. The molecule has 3 rings (SSSR count). The van der Waals surface area contributed by atoms with Gasteiger partial charge in [0.25, 0.3) is 0 Å². The maximum atomic E-state index is 13.4. The van der Waals surface area contributed by atoms with E-state index in [2.05, 4.69) is 24.0 Å². The van der Waals surface area contributed by atoms with Crippen molar-refractivity contribution in [3.8, 4) is 0 Å². The van der Waals surface area contributed by atoms with Gasteiger partial charge in [-0.1, -0.05) is 73.1 Å². The van der Waals surface area contributed by atoms with Gasteiger partial charge >= 0.3 is 12.1 Å². The van der Waals surface area contributed by atoms with Gasteiger partial charge in [0.15, 0.2) is 0 Å². The average molecular weight is 534 g/mol. The van der Waals surface area contributed by atoms with Crippen molar-refractivity contribution in [2.75, 3.05) is 19.7 Å². The zero-order valence-electron chi connectivity index (χ0n) is 20.7. The zero-order valence-corrected chi connectivity index (χ0v) is 21.4. The molecule has 1 N–H and O–H groups in total. The van der Waals surface area contributed by atoms with E-state index in [0.29, 0.717) is 49.4 Å². The second kappa shape index (κ2) is 13.5. The molecule has 2 aromatic carbocycles. The number of hydrogen-bond acceptors (Lipinski definition) is 3. The predicted molar refractivity (Wildman–Crippen MR) is 139 cm³/mol. The van der Waals surface area contributed by atoms with E-state index < -0.39 is 17.7 Å². The topological polar surface area (TPSA) is 49.8 Å². The second-order valence-electron chi connectivity index (χ2n) is 8.96. The summed E-state index contributed by atoms with van der Waals surface area (Å²) in [7, 11) is 0. The highest BCUT2D eigenvalue weighted by molar-refractivity contribution is 6.32. The summed E-state index contributed by atoms with van der Waals surface area (Å²) < 4.78 is 46.1. The largest absolute Gasteiger partial charge is 0.498 e. The fourth-order valence-corrected chi connectivity index (χ4v) is 4.64. The van der Waals surface area contributed by atoms with Gasteiger partial charge in [0.1, 0.15) is 5.76 Å². The molecule has 0 saturated heterocycles. The van der Waals surface area contributed by atoms with E-state index in [1.807, 2.05) is 24.3 Å². The molecule has 198 valence electrons. The first-order valence-corrected chi connectivity index (χ1v) is 12.6. The lowest BCUT2D eigenvalue weighted by Crippen LogP contribution is -2.30. The van der Waals surface area contributed by atoms with Gasteiger partial charge in [-0.3, -0.25) is 4.90 Å². The summed E-state index contributed by atoms with van der Waals surface area (Å²) in [5, 5.41) is 8.69. The molecule has 0 fully saturated rings. The minimum atomic E-state index is -4.52. The number of carbonyl (C=O) groups is 1. The highest BCUT2D eigenvalue weighted by atomic mass is 35.5. The highest BCUT2D eigenvalue weighted by Crippen LogP contribution is 2.36. The van der Waals surface area contributed by atoms with Crippen molar-refractivity contribution in [3.63, 3.8) is 0 Å². The fraction of sp³-hybridized carbons (Fsp3) is 0.345. The SMILES string of the molecule is CC[C@@H](CN(CCCOC1=CC=CC(=CC(=O)O)C1)Cc1cccc(C(F)(F)F)c1Cl)c1ccccc1. The molecule has 0 heterocycles. The Balaban J connectivity index is 1.69. The van der Waals surface area contributed by atoms with Crippen molar-refractivity contribution in [1.29, 1.82) is 0 Å². The number of nitrogens with zero attached hydrogens (tertiary/aromatic N) is 1. The number of aliphatic carboxylic acids is 1. The molecule has 0 spiro atoms. The number of hydrogen-bond donors (Lipinski definition) is 1. The van der Waals surface area contributed by atoms with Crippen LogP contribution in [0.2, 0.25) is 5.02 Å². The van der Waals surface area contributed by atoms with Gasteiger partial charge in [0, 0.05) is 32.1 Å². The van der Waals surface area contributed by atoms with E-state index in [9.17, 15) is 18.0 Å². The van der Waals surface area contributed by atoms with E-state index in [-0.39, 0.29) is 17.5 Å². The Hall–Kier alpha value is -3.03. The molecular formula is C29H31ClF3NO3. The first-order valence-electron chi connectivity index (χ1n) is 12.2. The molecule has 0 aromatic heterocycles. The molecule has 8 heteroatoms. The smallest absolute Gasteiger partial charge is 0.417 e. The molecular weight excluding hydrogens is 503 g/mol. The third kappa shape index (κ3) is 8.79. The number of benzene rings is 2. The van der Waals surface area contributed by atoms with Crippen molar-refractivity contribution in [2.45, 2.75) is 44.8 Å². The minimum Gasteiger partial charge on any atom is -0.498 e. The van der Waals surface area contributed by atoms with Crippen molar-refractivity contribution in [1.82, 2.24) is 4.90 Å². The minimum absolute atomic E-state index is 0.210. The van der Waals surface area contributed by atoms with Crippen LogP contribution < -0.4 is 0 Å². The zero-order chi connectivity index (χ0) is 26.8. The van der Waals surface area contributed by atoms with E-state index in [0.717, 1.165) is 18.6 Å². The monoisotopic (exact) mass is 533 g/mol. The lowest BCUT2D eigenvalue weighted by atomic mass is 9.95. The van der Waals surface area contributed by atoms with E-state index in [1.165, 1.54) is 11.6 Å². The maximum Gasteiger partial charge on any atom is 0.417 e. The number of halogens is 4. The Morgan fingerprint density at radius 2 is 1.95 bits per heavy atom. The number of rotatable bonds is 12. The third-order valence-electron chi connectivity index (χ3n) is 6.21. The van der Waals surface area contributed by atoms with Crippen LogP contribution in [0.25, 0.3) is 0 Å². The first kappa shape index (κ1) is 28.5. The van der Waals surface area contributed by atoms with Gasteiger partial charge in [0.2, 0.25) is 0 Å². The summed E-state index contributed by atoms with van der Waals surface area (Å²) >= 11 is 6.21. The summed E-state index contributed by atoms with van der Waals surface area (Å²) in [4.78, 5) is 13.0. The van der Waals surface area contributed by atoms with Crippen molar-refractivity contribution < 1.29 is 27.8 Å². The van der Waals surface area contributed by atoms with Crippen molar-refractivity contribution in [3.05, 3.63) is 106 Å².